The highest BCUT2D eigenvalue weighted by Crippen LogP contribution is 2.33. The Labute approximate surface area is 204 Å². The van der Waals surface area contributed by atoms with Crippen molar-refractivity contribution < 1.29 is 32.0 Å². The summed E-state index contributed by atoms with van der Waals surface area (Å²) >= 11 is 0. The molecular formula is C25H23F3N4O4. The fourth-order valence-electron chi connectivity index (χ4n) is 3.64. The lowest BCUT2D eigenvalue weighted by molar-refractivity contribution is -0.141. The third kappa shape index (κ3) is 5.91. The van der Waals surface area contributed by atoms with E-state index in [9.17, 15) is 27.6 Å². The Kier molecular flexibility index (Phi) is 7.09. The molecule has 2 heterocycles. The van der Waals surface area contributed by atoms with Crippen LogP contribution < -0.4 is 16.0 Å². The Morgan fingerprint density at radius 1 is 1.06 bits per heavy atom. The van der Waals surface area contributed by atoms with Crippen molar-refractivity contribution in [3.05, 3.63) is 77.3 Å². The molecule has 3 aromatic rings. The lowest BCUT2D eigenvalue weighted by Gasteiger charge is -2.15. The number of nitrogens with zero attached hydrogens (tertiary/aromatic N) is 1. The lowest BCUT2D eigenvalue weighted by atomic mass is 10.1. The second-order valence-electron chi connectivity index (χ2n) is 8.36. The molecule has 1 atom stereocenters. The molecule has 0 radical (unpaired) electrons. The SMILES string of the molecule is CNC(=O)C(NC(=O)c1ccc(-c2cccc(CNC(=O)c3cccc(C(F)(F)F)n3)c2)o1)C1CC1. The molecule has 1 unspecified atom stereocenters. The molecule has 1 aromatic carbocycles. The average molecular weight is 500 g/mol. The van der Waals surface area contributed by atoms with Gasteiger partial charge in [-0.1, -0.05) is 24.3 Å². The Balaban J connectivity index is 1.40. The number of aromatic nitrogens is 1. The highest BCUT2D eigenvalue weighted by atomic mass is 19.4. The summed E-state index contributed by atoms with van der Waals surface area (Å²) in [5.74, 6) is -0.942. The van der Waals surface area contributed by atoms with Gasteiger partial charge in [-0.2, -0.15) is 13.2 Å². The highest BCUT2D eigenvalue weighted by molar-refractivity contribution is 5.96. The summed E-state index contributed by atoms with van der Waals surface area (Å²) in [5, 5.41) is 7.82. The maximum absolute atomic E-state index is 12.8. The molecule has 1 aliphatic rings. The standard InChI is InChI=1S/C25H23F3N4O4/c1-29-24(35)21(15-8-9-15)32-23(34)19-11-10-18(36-19)16-5-2-4-14(12-16)13-30-22(33)17-6-3-7-20(31-17)25(26,27)28/h2-7,10-12,15,21H,8-9,13H2,1H3,(H,29,35)(H,30,33)(H,32,34). The van der Waals surface area contributed by atoms with Crippen LogP contribution in [0.5, 0.6) is 0 Å². The van der Waals surface area contributed by atoms with E-state index < -0.39 is 29.7 Å². The number of benzene rings is 1. The molecule has 0 spiro atoms. The third-order valence-electron chi connectivity index (χ3n) is 5.68. The first-order valence-corrected chi connectivity index (χ1v) is 11.2. The van der Waals surface area contributed by atoms with Crippen LogP contribution in [0.25, 0.3) is 11.3 Å². The van der Waals surface area contributed by atoms with Gasteiger partial charge in [-0.15, -0.1) is 0 Å². The maximum Gasteiger partial charge on any atom is 0.433 e. The topological polar surface area (TPSA) is 113 Å². The normalized spacial score (nSPS) is 14.1. The fraction of sp³-hybridized carbons (Fsp3) is 0.280. The summed E-state index contributed by atoms with van der Waals surface area (Å²) in [5.41, 5.74) is -0.204. The van der Waals surface area contributed by atoms with Gasteiger partial charge in [0.2, 0.25) is 5.91 Å². The van der Waals surface area contributed by atoms with Crippen molar-refractivity contribution in [1.82, 2.24) is 20.9 Å². The summed E-state index contributed by atoms with van der Waals surface area (Å²) in [7, 11) is 1.51. The van der Waals surface area contributed by atoms with E-state index >= 15 is 0 Å². The first-order valence-electron chi connectivity index (χ1n) is 11.2. The van der Waals surface area contributed by atoms with E-state index in [0.29, 0.717) is 16.9 Å². The molecule has 0 aliphatic heterocycles. The van der Waals surface area contributed by atoms with Crippen molar-refractivity contribution in [2.75, 3.05) is 7.05 Å². The van der Waals surface area contributed by atoms with Crippen LogP contribution in [0.3, 0.4) is 0 Å². The summed E-state index contributed by atoms with van der Waals surface area (Å²) in [6.07, 6.45) is -2.91. The lowest BCUT2D eigenvalue weighted by Crippen LogP contribution is -2.47. The number of halogens is 3. The van der Waals surface area contributed by atoms with Crippen molar-refractivity contribution in [2.24, 2.45) is 5.92 Å². The van der Waals surface area contributed by atoms with Crippen molar-refractivity contribution >= 4 is 17.7 Å². The van der Waals surface area contributed by atoms with Gasteiger partial charge in [0.05, 0.1) is 0 Å². The predicted octanol–water partition coefficient (Wildman–Crippen LogP) is 3.54. The molecule has 11 heteroatoms. The molecule has 36 heavy (non-hydrogen) atoms. The van der Waals surface area contributed by atoms with Crippen molar-refractivity contribution in [2.45, 2.75) is 31.6 Å². The molecule has 1 fully saturated rings. The van der Waals surface area contributed by atoms with Gasteiger partial charge < -0.3 is 20.4 Å². The quantitative estimate of drug-likeness (QED) is 0.438. The number of carbonyl (C=O) groups excluding carboxylic acids is 3. The molecule has 3 amide bonds. The average Bonchev–Trinajstić information content (AvgIpc) is 3.59. The molecule has 1 saturated carbocycles. The Hall–Kier alpha value is -4.15. The van der Waals surface area contributed by atoms with Crippen LogP contribution in [0.2, 0.25) is 0 Å². The van der Waals surface area contributed by atoms with Crippen molar-refractivity contribution in [1.29, 1.82) is 0 Å². The van der Waals surface area contributed by atoms with Crippen LogP contribution in [0.15, 0.2) is 59.0 Å². The van der Waals surface area contributed by atoms with Crippen LogP contribution in [-0.4, -0.2) is 35.8 Å². The molecule has 188 valence electrons. The number of rotatable bonds is 8. The number of furan rings is 1. The number of alkyl halides is 3. The van der Waals surface area contributed by atoms with E-state index in [4.69, 9.17) is 4.42 Å². The molecule has 8 nitrogen and oxygen atoms in total. The number of pyridine rings is 1. The first-order chi connectivity index (χ1) is 17.2. The van der Waals surface area contributed by atoms with Gasteiger partial charge in [0.25, 0.3) is 11.8 Å². The zero-order valence-corrected chi connectivity index (χ0v) is 19.2. The van der Waals surface area contributed by atoms with Gasteiger partial charge in [-0.25, -0.2) is 4.98 Å². The summed E-state index contributed by atoms with van der Waals surface area (Å²) in [6, 6.07) is 12.5. The van der Waals surface area contributed by atoms with Gasteiger partial charge in [0.15, 0.2) is 5.76 Å². The van der Waals surface area contributed by atoms with Crippen molar-refractivity contribution in [3.8, 4) is 11.3 Å². The summed E-state index contributed by atoms with van der Waals surface area (Å²) < 4.78 is 44.2. The smallest absolute Gasteiger partial charge is 0.433 e. The second kappa shape index (κ2) is 10.2. The van der Waals surface area contributed by atoms with Crippen LogP contribution in [-0.2, 0) is 17.5 Å². The van der Waals surface area contributed by atoms with E-state index in [1.807, 2.05) is 0 Å². The molecule has 2 aromatic heterocycles. The van der Waals surface area contributed by atoms with Crippen LogP contribution in [0.1, 0.15) is 45.1 Å². The number of hydrogen-bond acceptors (Lipinski definition) is 5. The molecule has 4 rings (SSSR count). The first kappa shape index (κ1) is 25.0. The largest absolute Gasteiger partial charge is 0.451 e. The number of amides is 3. The van der Waals surface area contributed by atoms with E-state index in [2.05, 4.69) is 20.9 Å². The minimum absolute atomic E-state index is 0.0356. The van der Waals surface area contributed by atoms with E-state index in [1.54, 1.807) is 30.3 Å². The van der Waals surface area contributed by atoms with Crippen molar-refractivity contribution in [3.63, 3.8) is 0 Å². The van der Waals surface area contributed by atoms with Gasteiger partial charge in [-0.3, -0.25) is 14.4 Å². The Morgan fingerprint density at radius 3 is 2.50 bits per heavy atom. The van der Waals surface area contributed by atoms with Gasteiger partial charge in [-0.05, 0) is 54.7 Å². The Bertz CT molecular complexity index is 1280. The highest BCUT2D eigenvalue weighted by Gasteiger charge is 2.37. The summed E-state index contributed by atoms with van der Waals surface area (Å²) in [6.45, 7) is 0.0356. The molecule has 0 saturated heterocycles. The molecule has 1 aliphatic carbocycles. The summed E-state index contributed by atoms with van der Waals surface area (Å²) in [4.78, 5) is 40.3. The number of nitrogens with one attached hydrogen (secondary N) is 3. The number of carbonyl (C=O) groups is 3. The van der Waals surface area contributed by atoms with E-state index in [1.165, 1.54) is 19.2 Å². The predicted molar refractivity (Wildman–Crippen MR) is 123 cm³/mol. The Morgan fingerprint density at radius 2 is 1.81 bits per heavy atom. The van der Waals surface area contributed by atoms with Crippen LogP contribution >= 0.6 is 0 Å². The fourth-order valence-corrected chi connectivity index (χ4v) is 3.64. The zero-order chi connectivity index (χ0) is 25.9. The second-order valence-corrected chi connectivity index (χ2v) is 8.36. The monoisotopic (exact) mass is 500 g/mol. The maximum atomic E-state index is 12.8. The third-order valence-corrected chi connectivity index (χ3v) is 5.68. The molecular weight excluding hydrogens is 477 g/mol. The van der Waals surface area contributed by atoms with Gasteiger partial charge >= 0.3 is 6.18 Å². The van der Waals surface area contributed by atoms with Crippen LogP contribution in [0, 0.1) is 5.92 Å². The minimum Gasteiger partial charge on any atom is -0.451 e. The molecule has 3 N–H and O–H groups in total. The van der Waals surface area contributed by atoms with Crippen LogP contribution in [0.4, 0.5) is 13.2 Å². The van der Waals surface area contributed by atoms with Gasteiger partial charge in [0.1, 0.15) is 23.2 Å². The number of hydrogen-bond donors (Lipinski definition) is 3. The minimum atomic E-state index is -4.65. The van der Waals surface area contributed by atoms with E-state index in [0.717, 1.165) is 25.0 Å². The van der Waals surface area contributed by atoms with Gasteiger partial charge in [0, 0.05) is 19.2 Å². The number of likely N-dealkylation sites (N-methyl/N-ethyl adjacent to an activating group) is 1. The molecule has 0 bridgehead atoms. The van der Waals surface area contributed by atoms with E-state index in [-0.39, 0.29) is 29.8 Å². The zero-order valence-electron chi connectivity index (χ0n) is 19.2.